The van der Waals surface area contributed by atoms with Crippen LogP contribution >= 0.6 is 0 Å². The number of hydrogen-bond donors (Lipinski definition) is 0. The van der Waals surface area contributed by atoms with Crippen molar-refractivity contribution in [3.8, 4) is 0 Å². The highest BCUT2D eigenvalue weighted by Gasteiger charge is 2.26. The van der Waals surface area contributed by atoms with Crippen molar-refractivity contribution in [3.05, 3.63) is 12.7 Å². The Balaban J connectivity index is 2.42. The zero-order valence-electron chi connectivity index (χ0n) is 5.87. The minimum Gasteiger partial charge on any atom is -0.346 e. The van der Waals surface area contributed by atoms with Gasteiger partial charge in [-0.15, -0.1) is 0 Å². The minimum atomic E-state index is -0.395. The van der Waals surface area contributed by atoms with Gasteiger partial charge in [-0.25, -0.2) is 0 Å². The summed E-state index contributed by atoms with van der Waals surface area (Å²) in [4.78, 5) is 10.7. The molecule has 3 heteroatoms. The Morgan fingerprint density at radius 2 is 2.50 bits per heavy atom. The van der Waals surface area contributed by atoms with Crippen LogP contribution in [-0.2, 0) is 14.3 Å². The van der Waals surface area contributed by atoms with E-state index in [1.54, 1.807) is 0 Å². The van der Waals surface area contributed by atoms with Crippen LogP contribution in [0.1, 0.15) is 6.92 Å². The SMILES string of the molecule is C=CC1OCC(C(C)=O)O1. The molecule has 0 aliphatic carbocycles. The normalized spacial score (nSPS) is 32.1. The quantitative estimate of drug-likeness (QED) is 0.527. The van der Waals surface area contributed by atoms with Crippen molar-refractivity contribution in [3.63, 3.8) is 0 Å². The van der Waals surface area contributed by atoms with Crippen molar-refractivity contribution in [2.45, 2.75) is 19.3 Å². The molecule has 56 valence electrons. The largest absolute Gasteiger partial charge is 0.346 e. The van der Waals surface area contributed by atoms with E-state index < -0.39 is 6.29 Å². The van der Waals surface area contributed by atoms with Gasteiger partial charge in [-0.1, -0.05) is 6.58 Å². The van der Waals surface area contributed by atoms with Gasteiger partial charge in [0.25, 0.3) is 0 Å². The summed E-state index contributed by atoms with van der Waals surface area (Å²) in [5.41, 5.74) is 0. The van der Waals surface area contributed by atoms with Crippen molar-refractivity contribution in [2.24, 2.45) is 0 Å². The number of carbonyl (C=O) groups excluding carboxylic acids is 1. The molecule has 0 bridgehead atoms. The number of ether oxygens (including phenoxy) is 2. The molecule has 2 unspecified atom stereocenters. The van der Waals surface area contributed by atoms with Crippen LogP contribution in [0.3, 0.4) is 0 Å². The number of ketones is 1. The lowest BCUT2D eigenvalue weighted by Gasteiger charge is -2.02. The molecule has 0 N–H and O–H groups in total. The molecule has 3 nitrogen and oxygen atoms in total. The maximum Gasteiger partial charge on any atom is 0.177 e. The van der Waals surface area contributed by atoms with E-state index >= 15 is 0 Å². The Morgan fingerprint density at radius 1 is 1.80 bits per heavy atom. The highest BCUT2D eigenvalue weighted by molar-refractivity contribution is 5.80. The van der Waals surface area contributed by atoms with Gasteiger partial charge in [-0.3, -0.25) is 4.79 Å². The van der Waals surface area contributed by atoms with E-state index in [2.05, 4.69) is 6.58 Å². The van der Waals surface area contributed by atoms with Gasteiger partial charge in [0.15, 0.2) is 12.1 Å². The lowest BCUT2D eigenvalue weighted by Crippen LogP contribution is -2.19. The number of rotatable bonds is 2. The van der Waals surface area contributed by atoms with Gasteiger partial charge in [0.1, 0.15) is 6.10 Å². The minimum absolute atomic E-state index is 0.00403. The standard InChI is InChI=1S/C7H10O3/c1-3-7-9-4-6(10-7)5(2)8/h3,6-7H,1,4H2,2H3. The number of hydrogen-bond acceptors (Lipinski definition) is 3. The second-order valence-corrected chi connectivity index (χ2v) is 2.17. The Labute approximate surface area is 59.6 Å². The molecule has 1 heterocycles. The molecule has 2 atom stereocenters. The Bertz CT molecular complexity index is 153. The smallest absolute Gasteiger partial charge is 0.177 e. The fraction of sp³-hybridized carbons (Fsp3) is 0.571. The van der Waals surface area contributed by atoms with E-state index in [4.69, 9.17) is 9.47 Å². The van der Waals surface area contributed by atoms with Crippen LogP contribution in [0.2, 0.25) is 0 Å². The molecule has 0 aromatic heterocycles. The fourth-order valence-electron chi connectivity index (χ4n) is 0.759. The molecular formula is C7H10O3. The van der Waals surface area contributed by atoms with E-state index in [0.29, 0.717) is 6.61 Å². The molecular weight excluding hydrogens is 132 g/mol. The van der Waals surface area contributed by atoms with Crippen molar-refractivity contribution in [1.29, 1.82) is 0 Å². The van der Waals surface area contributed by atoms with E-state index in [-0.39, 0.29) is 11.9 Å². The van der Waals surface area contributed by atoms with Crippen LogP contribution in [0, 0.1) is 0 Å². The average Bonchev–Trinajstić information content (AvgIpc) is 2.34. The number of Topliss-reactive ketones (excluding diaryl/α,β-unsaturated/α-hetero) is 1. The molecule has 0 aromatic carbocycles. The molecule has 1 aliphatic heterocycles. The van der Waals surface area contributed by atoms with Crippen LogP contribution in [0.25, 0.3) is 0 Å². The predicted octanol–water partition coefficient (Wildman–Crippen LogP) is 0.503. The molecule has 0 amide bonds. The summed E-state index contributed by atoms with van der Waals surface area (Å²) in [5, 5.41) is 0. The monoisotopic (exact) mass is 142 g/mol. The third-order valence-electron chi connectivity index (χ3n) is 1.36. The summed E-state index contributed by atoms with van der Waals surface area (Å²) >= 11 is 0. The second kappa shape index (κ2) is 2.94. The summed E-state index contributed by atoms with van der Waals surface area (Å²) in [5.74, 6) is 0.00403. The Hall–Kier alpha value is -0.670. The maximum absolute atomic E-state index is 10.7. The lowest BCUT2D eigenvalue weighted by molar-refractivity contribution is -0.127. The van der Waals surface area contributed by atoms with Gasteiger partial charge in [0.05, 0.1) is 6.61 Å². The third-order valence-corrected chi connectivity index (χ3v) is 1.36. The van der Waals surface area contributed by atoms with Gasteiger partial charge in [0.2, 0.25) is 0 Å². The number of carbonyl (C=O) groups is 1. The first-order valence-corrected chi connectivity index (χ1v) is 3.14. The van der Waals surface area contributed by atoms with Gasteiger partial charge in [-0.2, -0.15) is 0 Å². The van der Waals surface area contributed by atoms with Crippen molar-refractivity contribution in [2.75, 3.05) is 6.61 Å². The average molecular weight is 142 g/mol. The van der Waals surface area contributed by atoms with Crippen LogP contribution in [0.4, 0.5) is 0 Å². The predicted molar refractivity (Wildman–Crippen MR) is 35.5 cm³/mol. The molecule has 0 radical (unpaired) electrons. The summed E-state index contributed by atoms with van der Waals surface area (Å²) in [6, 6.07) is 0. The van der Waals surface area contributed by atoms with Crippen molar-refractivity contribution in [1.82, 2.24) is 0 Å². The van der Waals surface area contributed by atoms with E-state index in [9.17, 15) is 4.79 Å². The van der Waals surface area contributed by atoms with Crippen LogP contribution in [0.5, 0.6) is 0 Å². The zero-order chi connectivity index (χ0) is 7.56. The lowest BCUT2D eigenvalue weighted by atomic mass is 10.3. The first-order valence-electron chi connectivity index (χ1n) is 3.14. The molecule has 10 heavy (non-hydrogen) atoms. The van der Waals surface area contributed by atoms with Gasteiger partial charge < -0.3 is 9.47 Å². The first-order chi connectivity index (χ1) is 4.74. The highest BCUT2D eigenvalue weighted by atomic mass is 16.7. The van der Waals surface area contributed by atoms with Crippen LogP contribution in [0.15, 0.2) is 12.7 Å². The summed E-state index contributed by atoms with van der Waals surface area (Å²) in [7, 11) is 0. The van der Waals surface area contributed by atoms with Gasteiger partial charge in [-0.05, 0) is 13.0 Å². The summed E-state index contributed by atoms with van der Waals surface area (Å²) < 4.78 is 10.1. The molecule has 1 aliphatic rings. The van der Waals surface area contributed by atoms with Crippen molar-refractivity contribution >= 4 is 5.78 Å². The van der Waals surface area contributed by atoms with Crippen LogP contribution in [-0.4, -0.2) is 24.8 Å². The molecule has 1 fully saturated rings. The van der Waals surface area contributed by atoms with E-state index in [1.807, 2.05) is 0 Å². The third kappa shape index (κ3) is 1.43. The van der Waals surface area contributed by atoms with Gasteiger partial charge in [0, 0.05) is 0 Å². The topological polar surface area (TPSA) is 35.5 Å². The highest BCUT2D eigenvalue weighted by Crippen LogP contribution is 2.12. The molecule has 1 rings (SSSR count). The molecule has 0 aromatic rings. The molecule has 1 saturated heterocycles. The summed E-state index contributed by atoms with van der Waals surface area (Å²) in [6.07, 6.45) is 0.750. The fourth-order valence-corrected chi connectivity index (χ4v) is 0.759. The Morgan fingerprint density at radius 3 is 2.80 bits per heavy atom. The molecule has 0 saturated carbocycles. The van der Waals surface area contributed by atoms with Gasteiger partial charge >= 0.3 is 0 Å². The Kier molecular flexibility index (Phi) is 2.19. The van der Waals surface area contributed by atoms with E-state index in [0.717, 1.165) is 0 Å². The van der Waals surface area contributed by atoms with E-state index in [1.165, 1.54) is 13.0 Å². The second-order valence-electron chi connectivity index (χ2n) is 2.17. The van der Waals surface area contributed by atoms with Crippen molar-refractivity contribution < 1.29 is 14.3 Å². The molecule has 0 spiro atoms. The summed E-state index contributed by atoms with van der Waals surface area (Å²) in [6.45, 7) is 5.31. The maximum atomic E-state index is 10.7. The van der Waals surface area contributed by atoms with Crippen LogP contribution < -0.4 is 0 Å². The first kappa shape index (κ1) is 7.44. The zero-order valence-corrected chi connectivity index (χ0v) is 5.87.